The molecular weight excluding hydrogens is 506 g/mol. The van der Waals surface area contributed by atoms with Crippen LogP contribution in [0.25, 0.3) is 0 Å². The fraction of sp³-hybridized carbons (Fsp3) is 0.571. The molecule has 3 fully saturated rings. The van der Waals surface area contributed by atoms with E-state index in [1.165, 1.54) is 12.8 Å². The molecule has 3 heterocycles. The fourth-order valence-electron chi connectivity index (χ4n) is 6.88. The Balaban J connectivity index is 1.08. The van der Waals surface area contributed by atoms with Gasteiger partial charge in [0.2, 0.25) is 11.8 Å². The molecule has 4 atom stereocenters. The van der Waals surface area contributed by atoms with Crippen LogP contribution in [0.2, 0.25) is 0 Å². The SMILES string of the molecule is CC1(C)C2CCC1(C)C(OCc1nc(CSc3cccc4c3CN(C3CCC(=O)NC3=O)C4=O)cs1)C2. The Bertz CT molecular complexity index is 1270. The molecule has 1 N–H and O–H groups in total. The monoisotopic (exact) mass is 539 g/mol. The third kappa shape index (κ3) is 4.14. The second-order valence-electron chi connectivity index (χ2n) is 11.6. The van der Waals surface area contributed by atoms with E-state index < -0.39 is 6.04 Å². The van der Waals surface area contributed by atoms with E-state index in [-0.39, 0.29) is 29.6 Å². The molecule has 9 heteroatoms. The van der Waals surface area contributed by atoms with E-state index in [2.05, 4.69) is 31.5 Å². The molecule has 4 unspecified atom stereocenters. The van der Waals surface area contributed by atoms with Crippen LogP contribution in [0.3, 0.4) is 0 Å². The lowest BCUT2D eigenvalue weighted by Crippen LogP contribution is -2.52. The third-order valence-corrected chi connectivity index (χ3v) is 11.6. The molecule has 2 aliphatic heterocycles. The minimum Gasteiger partial charge on any atom is -0.370 e. The molecule has 1 aromatic carbocycles. The quantitative estimate of drug-likeness (QED) is 0.397. The zero-order chi connectivity index (χ0) is 25.9. The number of thioether (sulfide) groups is 1. The van der Waals surface area contributed by atoms with Crippen LogP contribution in [0.5, 0.6) is 0 Å². The number of piperidine rings is 1. The summed E-state index contributed by atoms with van der Waals surface area (Å²) in [7, 11) is 0. The Morgan fingerprint density at radius 1 is 1.22 bits per heavy atom. The summed E-state index contributed by atoms with van der Waals surface area (Å²) in [5, 5.41) is 5.48. The predicted molar refractivity (Wildman–Crippen MR) is 142 cm³/mol. The Hall–Kier alpha value is -2.23. The topological polar surface area (TPSA) is 88.6 Å². The number of hydrogen-bond acceptors (Lipinski definition) is 7. The number of imide groups is 1. The molecule has 4 aliphatic rings. The van der Waals surface area contributed by atoms with E-state index in [0.29, 0.717) is 42.4 Å². The van der Waals surface area contributed by atoms with Crippen molar-refractivity contribution >= 4 is 40.8 Å². The third-order valence-electron chi connectivity index (χ3n) is 9.64. The lowest BCUT2D eigenvalue weighted by molar-refractivity contribution is -0.136. The number of nitrogens with zero attached hydrogens (tertiary/aromatic N) is 2. The highest BCUT2D eigenvalue weighted by atomic mass is 32.2. The zero-order valence-corrected chi connectivity index (χ0v) is 23.2. The lowest BCUT2D eigenvalue weighted by atomic mass is 9.70. The lowest BCUT2D eigenvalue weighted by Gasteiger charge is -2.38. The van der Waals surface area contributed by atoms with E-state index in [1.807, 2.05) is 18.2 Å². The van der Waals surface area contributed by atoms with Crippen molar-refractivity contribution in [1.29, 1.82) is 0 Å². The van der Waals surface area contributed by atoms with Gasteiger partial charge in [-0.3, -0.25) is 19.7 Å². The number of nitrogens with one attached hydrogen (secondary N) is 1. The largest absolute Gasteiger partial charge is 0.370 e. The van der Waals surface area contributed by atoms with Crippen LogP contribution in [-0.2, 0) is 33.2 Å². The summed E-state index contributed by atoms with van der Waals surface area (Å²) in [6, 6.07) is 5.15. The van der Waals surface area contributed by atoms with Gasteiger partial charge in [0.25, 0.3) is 5.91 Å². The first-order chi connectivity index (χ1) is 17.7. The zero-order valence-electron chi connectivity index (χ0n) is 21.5. The molecule has 2 aliphatic carbocycles. The van der Waals surface area contributed by atoms with Gasteiger partial charge in [-0.1, -0.05) is 26.8 Å². The average molecular weight is 540 g/mol. The van der Waals surface area contributed by atoms with Gasteiger partial charge in [0, 0.05) is 34.6 Å². The van der Waals surface area contributed by atoms with Gasteiger partial charge in [-0.2, -0.15) is 0 Å². The Kier molecular flexibility index (Phi) is 6.24. The smallest absolute Gasteiger partial charge is 0.255 e. The number of fused-ring (bicyclic) bond motifs is 3. The van der Waals surface area contributed by atoms with E-state index in [9.17, 15) is 14.4 Å². The molecule has 6 rings (SSSR count). The summed E-state index contributed by atoms with van der Waals surface area (Å²) in [6.07, 6.45) is 4.66. The van der Waals surface area contributed by atoms with Crippen LogP contribution in [0.15, 0.2) is 28.5 Å². The number of hydrogen-bond donors (Lipinski definition) is 1. The van der Waals surface area contributed by atoms with Gasteiger partial charge in [-0.25, -0.2) is 4.98 Å². The predicted octanol–water partition coefficient (Wildman–Crippen LogP) is 4.93. The minimum absolute atomic E-state index is 0.141. The van der Waals surface area contributed by atoms with Gasteiger partial charge in [-0.05, 0) is 60.1 Å². The molecule has 0 radical (unpaired) electrons. The first-order valence-corrected chi connectivity index (χ1v) is 15.0. The van der Waals surface area contributed by atoms with Gasteiger partial charge < -0.3 is 9.64 Å². The fourth-order valence-corrected chi connectivity index (χ4v) is 8.67. The number of carbonyl (C=O) groups is 3. The first-order valence-electron chi connectivity index (χ1n) is 13.1. The number of thiazole rings is 1. The minimum atomic E-state index is -0.598. The highest BCUT2D eigenvalue weighted by Crippen LogP contribution is 2.66. The Morgan fingerprint density at radius 2 is 2.05 bits per heavy atom. The molecule has 7 nitrogen and oxygen atoms in total. The molecule has 3 amide bonds. The number of ether oxygens (including phenoxy) is 1. The van der Waals surface area contributed by atoms with Crippen LogP contribution in [0.1, 0.15) is 79.5 Å². The number of rotatable bonds is 7. The number of carbonyl (C=O) groups excluding carboxylic acids is 3. The number of benzene rings is 1. The van der Waals surface area contributed by atoms with Gasteiger partial charge in [0.05, 0.1) is 18.4 Å². The van der Waals surface area contributed by atoms with Gasteiger partial charge >= 0.3 is 0 Å². The maximum Gasteiger partial charge on any atom is 0.255 e. The second-order valence-corrected chi connectivity index (χ2v) is 13.6. The van der Waals surface area contributed by atoms with Crippen molar-refractivity contribution in [3.63, 3.8) is 0 Å². The van der Waals surface area contributed by atoms with Crippen molar-refractivity contribution in [3.05, 3.63) is 45.4 Å². The number of amides is 3. The summed E-state index contributed by atoms with van der Waals surface area (Å²) in [5.74, 6) is 0.666. The summed E-state index contributed by atoms with van der Waals surface area (Å²) in [4.78, 5) is 44.4. The van der Waals surface area contributed by atoms with Crippen LogP contribution in [0, 0.1) is 16.7 Å². The molecule has 1 saturated heterocycles. The molecule has 37 heavy (non-hydrogen) atoms. The van der Waals surface area contributed by atoms with E-state index in [0.717, 1.165) is 33.5 Å². The van der Waals surface area contributed by atoms with E-state index >= 15 is 0 Å². The normalized spacial score (nSPS) is 30.2. The molecule has 196 valence electrons. The van der Waals surface area contributed by atoms with Crippen LogP contribution in [-0.4, -0.2) is 39.8 Å². The molecule has 2 saturated carbocycles. The maximum absolute atomic E-state index is 13.1. The van der Waals surface area contributed by atoms with Crippen molar-refractivity contribution in [1.82, 2.24) is 15.2 Å². The van der Waals surface area contributed by atoms with Crippen molar-refractivity contribution in [2.45, 2.75) is 88.8 Å². The molecular formula is C28H33N3O4S2. The summed E-state index contributed by atoms with van der Waals surface area (Å²) in [5.41, 5.74) is 3.20. The van der Waals surface area contributed by atoms with Gasteiger partial charge in [-0.15, -0.1) is 23.1 Å². The molecule has 0 spiro atoms. The highest BCUT2D eigenvalue weighted by Gasteiger charge is 2.61. The average Bonchev–Trinajstić information content (AvgIpc) is 3.56. The van der Waals surface area contributed by atoms with Crippen molar-refractivity contribution in [3.8, 4) is 0 Å². The van der Waals surface area contributed by atoms with E-state index in [1.54, 1.807) is 28.0 Å². The summed E-state index contributed by atoms with van der Waals surface area (Å²) in [6.45, 7) is 8.17. The Labute approximate surface area is 225 Å². The molecule has 2 bridgehead atoms. The van der Waals surface area contributed by atoms with Crippen LogP contribution < -0.4 is 5.32 Å². The summed E-state index contributed by atoms with van der Waals surface area (Å²) < 4.78 is 6.44. The van der Waals surface area contributed by atoms with Crippen molar-refractivity contribution in [2.75, 3.05) is 0 Å². The van der Waals surface area contributed by atoms with Crippen molar-refractivity contribution in [2.24, 2.45) is 16.7 Å². The van der Waals surface area contributed by atoms with Crippen molar-refractivity contribution < 1.29 is 19.1 Å². The summed E-state index contributed by atoms with van der Waals surface area (Å²) >= 11 is 3.31. The maximum atomic E-state index is 13.1. The molecule has 2 aromatic rings. The number of aromatic nitrogens is 1. The molecule has 1 aromatic heterocycles. The second kappa shape index (κ2) is 9.20. The van der Waals surface area contributed by atoms with Gasteiger partial charge in [0.15, 0.2) is 0 Å². The highest BCUT2D eigenvalue weighted by molar-refractivity contribution is 7.98. The Morgan fingerprint density at radius 3 is 2.78 bits per heavy atom. The first kappa shape index (κ1) is 25.1. The van der Waals surface area contributed by atoms with Crippen LogP contribution in [0.4, 0.5) is 0 Å². The standard InChI is InChI=1S/C28H33N3O4S2/c1-27(2)16-9-10-28(27,3)22(11-16)35-13-24-29-17(15-37-24)14-36-21-6-4-5-18-19(21)12-31(26(18)34)20-7-8-23(32)30-25(20)33/h4-6,15-16,20,22H,7-14H2,1-3H3,(H,30,32,33). The van der Waals surface area contributed by atoms with Crippen LogP contribution >= 0.6 is 23.1 Å². The van der Waals surface area contributed by atoms with E-state index in [4.69, 9.17) is 9.72 Å². The van der Waals surface area contributed by atoms with Gasteiger partial charge in [0.1, 0.15) is 11.0 Å².